The Morgan fingerprint density at radius 1 is 1.28 bits per heavy atom. The van der Waals surface area contributed by atoms with Gasteiger partial charge in [0, 0.05) is 12.0 Å². The van der Waals surface area contributed by atoms with E-state index in [4.69, 9.17) is 11.6 Å². The molecule has 0 spiro atoms. The number of alkyl halides is 2. The van der Waals surface area contributed by atoms with Crippen molar-refractivity contribution in [2.75, 3.05) is 13.2 Å². The molecule has 0 radical (unpaired) electrons. The molecule has 1 aromatic carbocycles. The SMILES string of the molecule is O=C(CCOCC(F)F)c1cc(F)c(F)cc1Cl. The molecular weight excluding hydrogens is 276 g/mol. The lowest BCUT2D eigenvalue weighted by atomic mass is 10.1. The first-order valence-corrected chi connectivity index (χ1v) is 5.33. The summed E-state index contributed by atoms with van der Waals surface area (Å²) in [7, 11) is 0. The van der Waals surface area contributed by atoms with Crippen LogP contribution < -0.4 is 0 Å². The topological polar surface area (TPSA) is 26.3 Å². The molecule has 18 heavy (non-hydrogen) atoms. The Morgan fingerprint density at radius 2 is 1.89 bits per heavy atom. The van der Waals surface area contributed by atoms with Crippen LogP contribution in [-0.2, 0) is 4.74 Å². The number of benzene rings is 1. The highest BCUT2D eigenvalue weighted by molar-refractivity contribution is 6.33. The molecule has 0 unspecified atom stereocenters. The van der Waals surface area contributed by atoms with Crippen molar-refractivity contribution in [2.24, 2.45) is 0 Å². The predicted octanol–water partition coefficient (Wildman–Crippen LogP) is 3.47. The van der Waals surface area contributed by atoms with Crippen molar-refractivity contribution in [3.05, 3.63) is 34.4 Å². The molecule has 0 fully saturated rings. The number of ketones is 1. The largest absolute Gasteiger partial charge is 0.375 e. The number of rotatable bonds is 6. The van der Waals surface area contributed by atoms with Crippen molar-refractivity contribution in [1.29, 1.82) is 0 Å². The summed E-state index contributed by atoms with van der Waals surface area (Å²) in [6.07, 6.45) is -2.86. The van der Waals surface area contributed by atoms with Gasteiger partial charge < -0.3 is 4.74 Å². The van der Waals surface area contributed by atoms with Crippen LogP contribution in [0, 0.1) is 11.6 Å². The molecule has 100 valence electrons. The average molecular weight is 285 g/mol. The fourth-order valence-corrected chi connectivity index (χ4v) is 1.46. The van der Waals surface area contributed by atoms with Crippen LogP contribution in [0.25, 0.3) is 0 Å². The smallest absolute Gasteiger partial charge is 0.261 e. The standard InChI is InChI=1S/C11H9ClF4O2/c12-7-4-9(14)8(13)3-6(7)10(17)1-2-18-5-11(15)16/h3-4,11H,1-2,5H2. The number of Topliss-reactive ketones (excluding diaryl/α,β-unsaturated/α-hetero) is 1. The number of ether oxygens (including phenoxy) is 1. The van der Waals surface area contributed by atoms with Gasteiger partial charge in [0.25, 0.3) is 6.43 Å². The summed E-state index contributed by atoms with van der Waals surface area (Å²) in [5, 5.41) is -0.229. The fraction of sp³-hybridized carbons (Fsp3) is 0.364. The molecule has 0 saturated carbocycles. The summed E-state index contributed by atoms with van der Waals surface area (Å²) in [6, 6.07) is 1.36. The van der Waals surface area contributed by atoms with E-state index in [-0.39, 0.29) is 23.6 Å². The third kappa shape index (κ3) is 4.27. The van der Waals surface area contributed by atoms with E-state index >= 15 is 0 Å². The molecule has 0 aliphatic heterocycles. The minimum absolute atomic E-state index is 0.198. The Bertz CT molecular complexity index is 437. The second-order valence-corrected chi connectivity index (χ2v) is 3.79. The van der Waals surface area contributed by atoms with E-state index in [0.29, 0.717) is 12.1 Å². The molecule has 0 aliphatic carbocycles. The fourth-order valence-electron chi connectivity index (χ4n) is 1.21. The summed E-state index contributed by atoms with van der Waals surface area (Å²) in [5.41, 5.74) is -0.198. The molecule has 0 bridgehead atoms. The molecule has 1 rings (SSSR count). The van der Waals surface area contributed by atoms with Crippen LogP contribution in [0.5, 0.6) is 0 Å². The lowest BCUT2D eigenvalue weighted by Gasteiger charge is -2.05. The van der Waals surface area contributed by atoms with Gasteiger partial charge in [-0.2, -0.15) is 0 Å². The van der Waals surface area contributed by atoms with Gasteiger partial charge in [-0.05, 0) is 12.1 Å². The lowest BCUT2D eigenvalue weighted by molar-refractivity contribution is 0.0170. The molecule has 0 aliphatic rings. The Hall–Kier alpha value is -1.14. The van der Waals surface area contributed by atoms with Crippen molar-refractivity contribution in [3.8, 4) is 0 Å². The number of carbonyl (C=O) groups excluding carboxylic acids is 1. The summed E-state index contributed by atoms with van der Waals surface area (Å²) in [5.74, 6) is -2.96. The highest BCUT2D eigenvalue weighted by Gasteiger charge is 2.15. The number of hydrogen-bond donors (Lipinski definition) is 0. The molecule has 0 N–H and O–H groups in total. The highest BCUT2D eigenvalue weighted by atomic mass is 35.5. The zero-order valence-electron chi connectivity index (χ0n) is 9.06. The first-order chi connectivity index (χ1) is 8.41. The number of hydrogen-bond acceptors (Lipinski definition) is 2. The van der Waals surface area contributed by atoms with E-state index in [1.807, 2.05) is 0 Å². The van der Waals surface area contributed by atoms with Crippen molar-refractivity contribution in [2.45, 2.75) is 12.8 Å². The van der Waals surface area contributed by atoms with Gasteiger partial charge in [-0.3, -0.25) is 4.79 Å². The van der Waals surface area contributed by atoms with Gasteiger partial charge in [0.2, 0.25) is 0 Å². The predicted molar refractivity (Wildman–Crippen MR) is 57.1 cm³/mol. The molecule has 7 heteroatoms. The van der Waals surface area contributed by atoms with E-state index in [2.05, 4.69) is 4.74 Å². The van der Waals surface area contributed by atoms with E-state index in [9.17, 15) is 22.4 Å². The van der Waals surface area contributed by atoms with Crippen LogP contribution in [0.1, 0.15) is 16.8 Å². The Morgan fingerprint density at radius 3 is 2.50 bits per heavy atom. The van der Waals surface area contributed by atoms with Crippen LogP contribution >= 0.6 is 11.6 Å². The zero-order chi connectivity index (χ0) is 13.7. The maximum Gasteiger partial charge on any atom is 0.261 e. The van der Waals surface area contributed by atoms with Crippen LogP contribution in [0.2, 0.25) is 5.02 Å². The summed E-state index contributed by atoms with van der Waals surface area (Å²) in [4.78, 5) is 11.5. The van der Waals surface area contributed by atoms with E-state index in [1.165, 1.54) is 0 Å². The van der Waals surface area contributed by atoms with Crippen molar-refractivity contribution in [3.63, 3.8) is 0 Å². The van der Waals surface area contributed by atoms with Gasteiger partial charge in [0.05, 0.1) is 11.6 Å². The van der Waals surface area contributed by atoms with Gasteiger partial charge in [-0.1, -0.05) is 11.6 Å². The van der Waals surface area contributed by atoms with Crippen LogP contribution in [0.4, 0.5) is 17.6 Å². The molecule has 0 aromatic heterocycles. The Balaban J connectivity index is 2.59. The maximum absolute atomic E-state index is 12.9. The zero-order valence-corrected chi connectivity index (χ0v) is 9.82. The quantitative estimate of drug-likeness (QED) is 0.346. The van der Waals surface area contributed by atoms with Crippen molar-refractivity contribution < 1.29 is 27.1 Å². The van der Waals surface area contributed by atoms with Crippen molar-refractivity contribution >= 4 is 17.4 Å². The molecule has 0 atom stereocenters. The van der Waals surface area contributed by atoms with Crippen LogP contribution in [0.15, 0.2) is 12.1 Å². The molecule has 0 saturated heterocycles. The maximum atomic E-state index is 12.9. The second-order valence-electron chi connectivity index (χ2n) is 3.39. The van der Waals surface area contributed by atoms with Gasteiger partial charge in [0.1, 0.15) is 6.61 Å². The normalized spacial score (nSPS) is 11.0. The minimum atomic E-state index is -2.62. The van der Waals surface area contributed by atoms with Crippen LogP contribution in [0.3, 0.4) is 0 Å². The Kier molecular flexibility index (Phi) is 5.55. The molecule has 1 aromatic rings. The van der Waals surface area contributed by atoms with Crippen LogP contribution in [-0.4, -0.2) is 25.4 Å². The Labute approximate surface area is 105 Å². The average Bonchev–Trinajstić information content (AvgIpc) is 2.28. The first-order valence-electron chi connectivity index (χ1n) is 4.95. The summed E-state index contributed by atoms with van der Waals surface area (Å²) < 4.78 is 53.6. The van der Waals surface area contributed by atoms with Gasteiger partial charge in [0.15, 0.2) is 17.4 Å². The molecule has 0 amide bonds. The second kappa shape index (κ2) is 6.70. The number of carbonyl (C=O) groups is 1. The number of halogens is 5. The molecule has 0 heterocycles. The monoisotopic (exact) mass is 284 g/mol. The summed E-state index contributed by atoms with van der Waals surface area (Å²) in [6.45, 7) is -1.02. The highest BCUT2D eigenvalue weighted by Crippen LogP contribution is 2.21. The van der Waals surface area contributed by atoms with E-state index in [0.717, 1.165) is 0 Å². The molecule has 2 nitrogen and oxygen atoms in total. The summed E-state index contributed by atoms with van der Waals surface area (Å²) >= 11 is 5.57. The van der Waals surface area contributed by atoms with Gasteiger partial charge >= 0.3 is 0 Å². The van der Waals surface area contributed by atoms with E-state index < -0.39 is 30.5 Å². The van der Waals surface area contributed by atoms with Gasteiger partial charge in [-0.25, -0.2) is 17.6 Å². The minimum Gasteiger partial charge on any atom is -0.375 e. The van der Waals surface area contributed by atoms with Gasteiger partial charge in [-0.15, -0.1) is 0 Å². The first kappa shape index (κ1) is 14.9. The van der Waals surface area contributed by atoms with E-state index in [1.54, 1.807) is 0 Å². The molecular formula is C11H9ClF4O2. The van der Waals surface area contributed by atoms with Crippen molar-refractivity contribution in [1.82, 2.24) is 0 Å². The lowest BCUT2D eigenvalue weighted by Crippen LogP contribution is -2.10. The third-order valence-corrected chi connectivity index (χ3v) is 2.34. The third-order valence-electron chi connectivity index (χ3n) is 2.03.